The van der Waals surface area contributed by atoms with Crippen LogP contribution >= 0.6 is 0 Å². The highest BCUT2D eigenvalue weighted by Crippen LogP contribution is 2.14. The molecule has 0 bridgehead atoms. The van der Waals surface area contributed by atoms with Crippen LogP contribution in [0, 0.1) is 0 Å². The lowest BCUT2D eigenvalue weighted by Gasteiger charge is -2.18. The predicted octanol–water partition coefficient (Wildman–Crippen LogP) is 20.3. The predicted molar refractivity (Wildman–Crippen MR) is 325 cm³/mol. The summed E-state index contributed by atoms with van der Waals surface area (Å²) in [6.45, 7) is 6.16. The second-order valence-corrected chi connectivity index (χ2v) is 18.8. The van der Waals surface area contributed by atoms with Crippen LogP contribution in [0.4, 0.5) is 0 Å². The number of carbonyl (C=O) groups is 3. The highest BCUT2D eigenvalue weighted by molar-refractivity contribution is 5.72. The third-order valence-electron chi connectivity index (χ3n) is 11.7. The molecule has 0 aromatic carbocycles. The molecule has 0 saturated carbocycles. The van der Waals surface area contributed by atoms with Crippen molar-refractivity contribution in [2.75, 3.05) is 13.2 Å². The lowest BCUT2D eigenvalue weighted by atomic mass is 10.1. The van der Waals surface area contributed by atoms with E-state index in [2.05, 4.69) is 179 Å². The number of unbranched alkanes of at least 4 members (excludes halogenated alkanes) is 13. The lowest BCUT2D eigenvalue weighted by Crippen LogP contribution is -2.30. The Balaban J connectivity index is 4.40. The molecule has 0 aromatic heterocycles. The molecule has 0 radical (unpaired) electrons. The van der Waals surface area contributed by atoms with E-state index in [1.807, 2.05) is 6.08 Å². The van der Waals surface area contributed by atoms with Crippen LogP contribution in [0.2, 0.25) is 0 Å². The van der Waals surface area contributed by atoms with Gasteiger partial charge >= 0.3 is 17.9 Å². The van der Waals surface area contributed by atoms with E-state index in [0.717, 1.165) is 135 Å². The van der Waals surface area contributed by atoms with Crippen molar-refractivity contribution in [2.24, 2.45) is 0 Å². The van der Waals surface area contributed by atoms with Crippen LogP contribution in [0.5, 0.6) is 0 Å². The summed E-state index contributed by atoms with van der Waals surface area (Å²) in [4.78, 5) is 38.1. The third kappa shape index (κ3) is 59.5. The number of esters is 3. The van der Waals surface area contributed by atoms with Gasteiger partial charge in [-0.15, -0.1) is 0 Å². The summed E-state index contributed by atoms with van der Waals surface area (Å²) in [5.74, 6) is -1.11. The van der Waals surface area contributed by atoms with E-state index in [1.54, 1.807) is 6.08 Å². The van der Waals surface area contributed by atoms with Gasteiger partial charge in [0.25, 0.3) is 0 Å². The van der Waals surface area contributed by atoms with E-state index < -0.39 is 12.1 Å². The van der Waals surface area contributed by atoms with E-state index in [9.17, 15) is 14.4 Å². The molecule has 418 valence electrons. The van der Waals surface area contributed by atoms with Gasteiger partial charge in [-0.3, -0.25) is 14.4 Å². The van der Waals surface area contributed by atoms with E-state index in [1.165, 1.54) is 44.9 Å². The molecule has 6 heteroatoms. The molecule has 0 rings (SSSR count). The summed E-state index contributed by atoms with van der Waals surface area (Å²) in [5.41, 5.74) is 0. The minimum Gasteiger partial charge on any atom is -0.462 e. The van der Waals surface area contributed by atoms with Crippen LogP contribution in [0.25, 0.3) is 0 Å². The lowest BCUT2D eigenvalue weighted by molar-refractivity contribution is -0.166. The number of carbonyl (C=O) groups excluding carboxylic acids is 3. The molecular weight excluding hydrogens is 925 g/mol. The molecule has 0 N–H and O–H groups in total. The minimum atomic E-state index is -0.855. The zero-order chi connectivity index (χ0) is 54.3. The highest BCUT2D eigenvalue weighted by Gasteiger charge is 2.19. The zero-order valence-electron chi connectivity index (χ0n) is 47.7. The van der Waals surface area contributed by atoms with Gasteiger partial charge in [0, 0.05) is 12.8 Å². The highest BCUT2D eigenvalue weighted by atomic mass is 16.6. The Morgan fingerprint density at radius 1 is 0.280 bits per heavy atom. The Morgan fingerprint density at radius 3 is 0.827 bits per heavy atom. The average molecular weight is 1030 g/mol. The Hall–Kier alpha value is -5.23. The molecule has 6 nitrogen and oxygen atoms in total. The molecule has 0 heterocycles. The maximum Gasteiger partial charge on any atom is 0.310 e. The summed E-state index contributed by atoms with van der Waals surface area (Å²) < 4.78 is 16.7. The summed E-state index contributed by atoms with van der Waals surface area (Å²) in [6, 6.07) is 0. The van der Waals surface area contributed by atoms with Crippen molar-refractivity contribution < 1.29 is 28.6 Å². The van der Waals surface area contributed by atoms with Gasteiger partial charge in [0.05, 0.1) is 6.42 Å². The monoisotopic (exact) mass is 1030 g/mol. The fraction of sp³-hybridized carbons (Fsp3) is 0.551. The molecule has 0 amide bonds. The van der Waals surface area contributed by atoms with Crippen molar-refractivity contribution in [1.82, 2.24) is 0 Å². The first-order valence-electron chi connectivity index (χ1n) is 29.6. The maximum atomic E-state index is 12.8. The first-order chi connectivity index (χ1) is 37.0. The van der Waals surface area contributed by atoms with Gasteiger partial charge in [-0.1, -0.05) is 249 Å². The number of ether oxygens (including phenoxy) is 3. The Labute approximate surface area is 460 Å². The maximum absolute atomic E-state index is 12.8. The van der Waals surface area contributed by atoms with Crippen molar-refractivity contribution in [2.45, 2.75) is 232 Å². The van der Waals surface area contributed by atoms with Gasteiger partial charge in [-0.05, 0) is 128 Å². The molecule has 0 aliphatic rings. The summed E-state index contributed by atoms with van der Waals surface area (Å²) >= 11 is 0. The molecule has 1 atom stereocenters. The fourth-order valence-electron chi connectivity index (χ4n) is 7.42. The zero-order valence-corrected chi connectivity index (χ0v) is 47.7. The van der Waals surface area contributed by atoms with Crippen molar-refractivity contribution >= 4 is 17.9 Å². The van der Waals surface area contributed by atoms with Crippen LogP contribution in [0.15, 0.2) is 170 Å². The number of hydrogen-bond acceptors (Lipinski definition) is 6. The molecule has 1 unspecified atom stereocenters. The van der Waals surface area contributed by atoms with Crippen LogP contribution in [-0.2, 0) is 28.6 Å². The first-order valence-corrected chi connectivity index (χ1v) is 29.6. The Morgan fingerprint density at radius 2 is 0.520 bits per heavy atom. The van der Waals surface area contributed by atoms with Crippen molar-refractivity contribution in [3.8, 4) is 0 Å². The molecular formula is C69H106O6. The van der Waals surface area contributed by atoms with Crippen molar-refractivity contribution in [3.05, 3.63) is 170 Å². The van der Waals surface area contributed by atoms with E-state index in [-0.39, 0.29) is 31.6 Å². The summed E-state index contributed by atoms with van der Waals surface area (Å²) in [5, 5.41) is 0. The molecule has 0 aliphatic heterocycles. The second kappa shape index (κ2) is 61.3. The largest absolute Gasteiger partial charge is 0.462 e. The van der Waals surface area contributed by atoms with Crippen LogP contribution < -0.4 is 0 Å². The summed E-state index contributed by atoms with van der Waals surface area (Å²) in [6.07, 6.45) is 91.0. The second-order valence-electron chi connectivity index (χ2n) is 18.8. The minimum absolute atomic E-state index is 0.0814. The smallest absolute Gasteiger partial charge is 0.310 e. The van der Waals surface area contributed by atoms with E-state index in [4.69, 9.17) is 14.2 Å². The van der Waals surface area contributed by atoms with E-state index >= 15 is 0 Å². The quantitative estimate of drug-likeness (QED) is 0.0261. The molecule has 0 aromatic rings. The molecule has 75 heavy (non-hydrogen) atoms. The van der Waals surface area contributed by atoms with Gasteiger partial charge in [0.2, 0.25) is 0 Å². The molecule has 0 aliphatic carbocycles. The SMILES string of the molecule is CC/C=C\C/C=C\C/C=C\C/C=C\C/C=C\C/C=C\CCCCCCCCCCCCC(=O)OCC(COC(=O)CCCCC/C=C\C/C=C\C/C=C\CC)OC(=O)C/C=C\C/C=C\C/C=C\C/C=C\C/C=C\CC. The van der Waals surface area contributed by atoms with Gasteiger partial charge in [-0.25, -0.2) is 0 Å². The summed E-state index contributed by atoms with van der Waals surface area (Å²) in [7, 11) is 0. The fourth-order valence-corrected chi connectivity index (χ4v) is 7.42. The third-order valence-corrected chi connectivity index (χ3v) is 11.7. The standard InChI is InChI=1S/C69H106O6/c1-4-7-10-13-16-19-22-25-27-28-29-30-31-32-33-34-35-36-37-38-39-40-42-44-47-50-53-56-59-62-68(71)74-65-66(64-73-67(70)61-58-55-52-49-46-43-24-21-18-15-12-9-6-3)75-69(72)63-60-57-54-51-48-45-41-26-23-20-17-14-11-8-5-2/h7-12,16-21,25-27,29-30,32-33,35-36,41,43,46,48,51,57,60,66H,4-6,13-15,22-24,28,31,34,37-40,42,44-45,47,49-50,52-56,58-59,61-65H2,1-3H3/b10-7-,11-8-,12-9-,19-16-,20-17-,21-18-,27-25-,30-29-,33-32-,36-35-,41-26-,46-43-,51-48-,60-57-. The number of hydrogen-bond donors (Lipinski definition) is 0. The van der Waals surface area contributed by atoms with Gasteiger partial charge in [0.15, 0.2) is 6.10 Å². The molecule has 0 spiro atoms. The normalized spacial score (nSPS) is 13.4. The van der Waals surface area contributed by atoms with Gasteiger partial charge < -0.3 is 14.2 Å². The van der Waals surface area contributed by atoms with Crippen LogP contribution in [0.1, 0.15) is 226 Å². The van der Waals surface area contributed by atoms with Crippen LogP contribution in [0.3, 0.4) is 0 Å². The van der Waals surface area contributed by atoms with Gasteiger partial charge in [-0.2, -0.15) is 0 Å². The van der Waals surface area contributed by atoms with Crippen molar-refractivity contribution in [1.29, 1.82) is 0 Å². The number of allylic oxidation sites excluding steroid dienone is 27. The van der Waals surface area contributed by atoms with Gasteiger partial charge in [0.1, 0.15) is 13.2 Å². The van der Waals surface area contributed by atoms with Crippen LogP contribution in [-0.4, -0.2) is 37.2 Å². The van der Waals surface area contributed by atoms with Crippen molar-refractivity contribution in [3.63, 3.8) is 0 Å². The average Bonchev–Trinajstić information content (AvgIpc) is 3.41. The Kier molecular flexibility index (Phi) is 57.0. The first kappa shape index (κ1) is 69.8. The molecule has 0 saturated heterocycles. The Bertz CT molecular complexity index is 1750. The van der Waals surface area contributed by atoms with E-state index in [0.29, 0.717) is 19.3 Å². The molecule has 0 fully saturated rings. The topological polar surface area (TPSA) is 78.9 Å². The number of rotatable bonds is 51.